The SMILES string of the molecule is CSCCC(=O)N1CC[C@@]2(CCCN(CC3CCCCC3)C2=O)C1. The van der Waals surface area contributed by atoms with E-state index in [-0.39, 0.29) is 11.3 Å². The monoisotopic (exact) mass is 352 g/mol. The zero-order valence-corrected chi connectivity index (χ0v) is 15.9. The van der Waals surface area contributed by atoms with Crippen molar-refractivity contribution in [3.8, 4) is 0 Å². The second-order valence-corrected chi connectivity index (χ2v) is 8.93. The van der Waals surface area contributed by atoms with Crippen LogP contribution in [0.25, 0.3) is 0 Å². The summed E-state index contributed by atoms with van der Waals surface area (Å²) in [7, 11) is 0. The van der Waals surface area contributed by atoms with Crippen molar-refractivity contribution in [2.24, 2.45) is 11.3 Å². The summed E-state index contributed by atoms with van der Waals surface area (Å²) in [5.74, 6) is 2.17. The molecule has 3 fully saturated rings. The molecule has 0 N–H and O–H groups in total. The fourth-order valence-electron chi connectivity index (χ4n) is 4.82. The van der Waals surface area contributed by atoms with Gasteiger partial charge in [-0.05, 0) is 44.3 Å². The minimum atomic E-state index is -0.262. The van der Waals surface area contributed by atoms with Crippen LogP contribution in [0.15, 0.2) is 0 Å². The lowest BCUT2D eigenvalue weighted by molar-refractivity contribution is -0.147. The summed E-state index contributed by atoms with van der Waals surface area (Å²) in [5.41, 5.74) is -0.262. The Labute approximate surface area is 150 Å². The summed E-state index contributed by atoms with van der Waals surface area (Å²) >= 11 is 1.71. The molecule has 24 heavy (non-hydrogen) atoms. The third-order valence-corrected chi connectivity index (χ3v) is 6.87. The van der Waals surface area contributed by atoms with E-state index in [4.69, 9.17) is 0 Å². The largest absolute Gasteiger partial charge is 0.342 e. The number of hydrogen-bond donors (Lipinski definition) is 0. The maximum Gasteiger partial charge on any atom is 0.230 e. The molecule has 1 aliphatic carbocycles. The quantitative estimate of drug-likeness (QED) is 0.763. The Morgan fingerprint density at radius 1 is 1.17 bits per heavy atom. The van der Waals surface area contributed by atoms with E-state index in [1.54, 1.807) is 11.8 Å². The predicted molar refractivity (Wildman–Crippen MR) is 99.0 cm³/mol. The number of rotatable bonds is 5. The van der Waals surface area contributed by atoms with Crippen LogP contribution < -0.4 is 0 Å². The molecular formula is C19H32N2O2S. The molecule has 2 aliphatic heterocycles. The Balaban J connectivity index is 1.59. The zero-order chi connectivity index (χ0) is 17.0. The van der Waals surface area contributed by atoms with Gasteiger partial charge in [0.25, 0.3) is 0 Å². The van der Waals surface area contributed by atoms with Gasteiger partial charge in [-0.25, -0.2) is 0 Å². The molecule has 5 heteroatoms. The third-order valence-electron chi connectivity index (χ3n) is 6.25. The first-order valence-corrected chi connectivity index (χ1v) is 11.1. The van der Waals surface area contributed by atoms with Crippen LogP contribution in [0, 0.1) is 11.3 Å². The molecule has 0 radical (unpaired) electrons. The molecule has 0 aromatic carbocycles. The van der Waals surface area contributed by atoms with Gasteiger partial charge in [0, 0.05) is 38.4 Å². The molecule has 0 aromatic heterocycles. The van der Waals surface area contributed by atoms with Crippen molar-refractivity contribution in [3.63, 3.8) is 0 Å². The standard InChI is InChI=1S/C19H32N2O2S/c1-24-13-8-17(22)21-12-10-19(15-21)9-5-11-20(18(19)23)14-16-6-3-2-4-7-16/h16H,2-15H2,1H3/t19-/m0/s1. The van der Waals surface area contributed by atoms with Crippen LogP contribution in [0.2, 0.25) is 0 Å². The van der Waals surface area contributed by atoms with Crippen LogP contribution in [0.5, 0.6) is 0 Å². The number of nitrogens with zero attached hydrogens (tertiary/aromatic N) is 2. The minimum absolute atomic E-state index is 0.235. The molecule has 2 saturated heterocycles. The molecular weight excluding hydrogens is 320 g/mol. The van der Waals surface area contributed by atoms with Crippen LogP contribution in [-0.2, 0) is 9.59 Å². The second kappa shape index (κ2) is 8.11. The van der Waals surface area contributed by atoms with Gasteiger partial charge in [0.2, 0.25) is 11.8 Å². The van der Waals surface area contributed by atoms with E-state index >= 15 is 0 Å². The maximum atomic E-state index is 13.2. The lowest BCUT2D eigenvalue weighted by Gasteiger charge is -2.41. The normalized spacial score (nSPS) is 28.8. The van der Waals surface area contributed by atoms with Gasteiger partial charge in [-0.2, -0.15) is 11.8 Å². The molecule has 2 amide bonds. The summed E-state index contributed by atoms with van der Waals surface area (Å²) < 4.78 is 0. The fourth-order valence-corrected chi connectivity index (χ4v) is 5.20. The van der Waals surface area contributed by atoms with Crippen molar-refractivity contribution in [3.05, 3.63) is 0 Å². The van der Waals surface area contributed by atoms with Gasteiger partial charge >= 0.3 is 0 Å². The first-order chi connectivity index (χ1) is 11.6. The first-order valence-electron chi connectivity index (χ1n) is 9.71. The summed E-state index contributed by atoms with van der Waals surface area (Å²) in [6.07, 6.45) is 12.2. The molecule has 1 saturated carbocycles. The number of hydrogen-bond acceptors (Lipinski definition) is 3. The summed E-state index contributed by atoms with van der Waals surface area (Å²) in [6, 6.07) is 0. The van der Waals surface area contributed by atoms with Crippen molar-refractivity contribution in [1.82, 2.24) is 9.80 Å². The summed E-state index contributed by atoms with van der Waals surface area (Å²) in [6.45, 7) is 3.33. The van der Waals surface area contributed by atoms with Gasteiger partial charge in [-0.1, -0.05) is 19.3 Å². The van der Waals surface area contributed by atoms with Crippen LogP contribution in [0.4, 0.5) is 0 Å². The van der Waals surface area contributed by atoms with E-state index < -0.39 is 0 Å². The lowest BCUT2D eigenvalue weighted by Crippen LogP contribution is -2.51. The first kappa shape index (κ1) is 18.1. The van der Waals surface area contributed by atoms with Crippen molar-refractivity contribution >= 4 is 23.6 Å². The Kier molecular flexibility index (Phi) is 6.12. The maximum absolute atomic E-state index is 13.2. The minimum Gasteiger partial charge on any atom is -0.342 e. The number of carbonyl (C=O) groups excluding carboxylic acids is 2. The van der Waals surface area contributed by atoms with Gasteiger partial charge in [-0.15, -0.1) is 0 Å². The smallest absolute Gasteiger partial charge is 0.230 e. The topological polar surface area (TPSA) is 40.6 Å². The number of thioether (sulfide) groups is 1. The second-order valence-electron chi connectivity index (χ2n) is 7.95. The molecule has 3 aliphatic rings. The Bertz CT molecular complexity index is 464. The predicted octanol–water partition coefficient (Wildman–Crippen LogP) is 3.16. The van der Waals surface area contributed by atoms with E-state index in [1.165, 1.54) is 32.1 Å². The van der Waals surface area contributed by atoms with Crippen LogP contribution in [-0.4, -0.2) is 59.8 Å². The molecule has 1 atom stereocenters. The summed E-state index contributed by atoms with van der Waals surface area (Å²) in [4.78, 5) is 29.6. The molecule has 1 spiro atoms. The van der Waals surface area contributed by atoms with Crippen LogP contribution in [0.3, 0.4) is 0 Å². The highest BCUT2D eigenvalue weighted by molar-refractivity contribution is 7.98. The number of amides is 2. The molecule has 3 rings (SSSR count). The molecule has 2 heterocycles. The van der Waals surface area contributed by atoms with E-state index in [9.17, 15) is 9.59 Å². The average molecular weight is 353 g/mol. The molecule has 136 valence electrons. The molecule has 0 aromatic rings. The van der Waals surface area contributed by atoms with Crippen LogP contribution >= 0.6 is 11.8 Å². The van der Waals surface area contributed by atoms with E-state index in [1.807, 2.05) is 11.2 Å². The molecule has 0 bridgehead atoms. The molecule has 4 nitrogen and oxygen atoms in total. The van der Waals surface area contributed by atoms with Crippen molar-refractivity contribution in [2.75, 3.05) is 38.2 Å². The van der Waals surface area contributed by atoms with Gasteiger partial charge in [0.05, 0.1) is 5.41 Å². The highest BCUT2D eigenvalue weighted by Gasteiger charge is 2.49. The Morgan fingerprint density at radius 3 is 2.71 bits per heavy atom. The number of carbonyl (C=O) groups is 2. The van der Waals surface area contributed by atoms with E-state index in [2.05, 4.69) is 4.90 Å². The Morgan fingerprint density at radius 2 is 1.96 bits per heavy atom. The highest BCUT2D eigenvalue weighted by Crippen LogP contribution is 2.41. The number of piperidine rings is 1. The zero-order valence-electron chi connectivity index (χ0n) is 15.1. The number of likely N-dealkylation sites (tertiary alicyclic amines) is 2. The Hall–Kier alpha value is -0.710. The third kappa shape index (κ3) is 3.92. The van der Waals surface area contributed by atoms with E-state index in [0.717, 1.165) is 44.6 Å². The van der Waals surface area contributed by atoms with Gasteiger partial charge in [-0.3, -0.25) is 9.59 Å². The fraction of sp³-hybridized carbons (Fsp3) is 0.895. The van der Waals surface area contributed by atoms with Gasteiger partial charge < -0.3 is 9.80 Å². The van der Waals surface area contributed by atoms with E-state index in [0.29, 0.717) is 24.8 Å². The van der Waals surface area contributed by atoms with Crippen molar-refractivity contribution in [2.45, 2.75) is 57.8 Å². The average Bonchev–Trinajstić information content (AvgIpc) is 3.03. The van der Waals surface area contributed by atoms with Crippen molar-refractivity contribution < 1.29 is 9.59 Å². The van der Waals surface area contributed by atoms with Crippen molar-refractivity contribution in [1.29, 1.82) is 0 Å². The summed E-state index contributed by atoms with van der Waals surface area (Å²) in [5, 5.41) is 0. The molecule has 0 unspecified atom stereocenters. The lowest BCUT2D eigenvalue weighted by atomic mass is 9.77. The van der Waals surface area contributed by atoms with Gasteiger partial charge in [0.1, 0.15) is 0 Å². The van der Waals surface area contributed by atoms with Crippen LogP contribution in [0.1, 0.15) is 57.8 Å². The van der Waals surface area contributed by atoms with Gasteiger partial charge in [0.15, 0.2) is 0 Å². The highest BCUT2D eigenvalue weighted by atomic mass is 32.2.